The number of imide groups is 1. The first kappa shape index (κ1) is 29.2. The number of hydrogen-bond donors (Lipinski definition) is 2. The van der Waals surface area contributed by atoms with Crippen LogP contribution in [0.15, 0.2) is 71.6 Å². The molecule has 0 saturated carbocycles. The van der Waals surface area contributed by atoms with E-state index in [1.165, 1.54) is 25.9 Å². The third kappa shape index (κ3) is 7.46. The molecule has 11 heteroatoms. The van der Waals surface area contributed by atoms with Crippen molar-refractivity contribution in [3.05, 3.63) is 82.8 Å². The molecule has 1 heterocycles. The largest absolute Gasteiger partial charge is 0.495 e. The van der Waals surface area contributed by atoms with Crippen LogP contribution < -0.4 is 24.8 Å². The van der Waals surface area contributed by atoms with E-state index in [4.69, 9.17) is 14.2 Å². The van der Waals surface area contributed by atoms with Crippen molar-refractivity contribution >= 4 is 52.2 Å². The molecule has 2 N–H and O–H groups in total. The summed E-state index contributed by atoms with van der Waals surface area (Å²) in [5.74, 6) is -0.319. The number of amides is 4. The standard InChI is InChI=1S/C30H29N3O7S/c1-4-19-9-12-21(13-10-19)31-28(35)18-40-24-14-11-20(15-25(24)39-3)16-26-29(36)33(30(37)41-26)17-27(34)32-22-7-5-6-8-23(22)38-2/h5-16H,4,17-18H2,1-3H3,(H,31,35)(H,32,34)/b26-16-. The second kappa shape index (κ2) is 13.5. The Balaban J connectivity index is 1.37. The first-order valence-corrected chi connectivity index (χ1v) is 13.5. The first-order chi connectivity index (χ1) is 19.8. The molecule has 3 aromatic carbocycles. The summed E-state index contributed by atoms with van der Waals surface area (Å²) in [6, 6.07) is 19.3. The molecule has 41 heavy (non-hydrogen) atoms. The van der Waals surface area contributed by atoms with Crippen molar-refractivity contribution in [1.82, 2.24) is 4.90 Å². The average molecular weight is 576 g/mol. The topological polar surface area (TPSA) is 123 Å². The van der Waals surface area contributed by atoms with E-state index in [-0.39, 0.29) is 17.4 Å². The van der Waals surface area contributed by atoms with Gasteiger partial charge in [-0.2, -0.15) is 0 Å². The number of hydrogen-bond acceptors (Lipinski definition) is 8. The molecule has 4 rings (SSSR count). The minimum atomic E-state index is -0.585. The van der Waals surface area contributed by atoms with Gasteiger partial charge in [0.15, 0.2) is 18.1 Å². The van der Waals surface area contributed by atoms with Gasteiger partial charge in [0.2, 0.25) is 5.91 Å². The van der Waals surface area contributed by atoms with Crippen LogP contribution in [0.3, 0.4) is 0 Å². The molecular formula is C30H29N3O7S. The maximum Gasteiger partial charge on any atom is 0.294 e. The van der Waals surface area contributed by atoms with Gasteiger partial charge in [-0.1, -0.05) is 37.3 Å². The van der Waals surface area contributed by atoms with Crippen molar-refractivity contribution in [1.29, 1.82) is 0 Å². The highest BCUT2D eigenvalue weighted by molar-refractivity contribution is 8.18. The fourth-order valence-corrected chi connectivity index (χ4v) is 4.76. The maximum atomic E-state index is 12.9. The molecule has 0 unspecified atom stereocenters. The number of anilines is 2. The second-order valence-corrected chi connectivity index (χ2v) is 9.81. The van der Waals surface area contributed by atoms with Crippen LogP contribution >= 0.6 is 11.8 Å². The summed E-state index contributed by atoms with van der Waals surface area (Å²) < 4.78 is 16.3. The van der Waals surface area contributed by atoms with Gasteiger partial charge in [0.25, 0.3) is 17.1 Å². The van der Waals surface area contributed by atoms with Gasteiger partial charge in [0.05, 0.1) is 24.8 Å². The molecule has 0 atom stereocenters. The fourth-order valence-electron chi connectivity index (χ4n) is 3.93. The van der Waals surface area contributed by atoms with Gasteiger partial charge in [0.1, 0.15) is 12.3 Å². The molecule has 1 fully saturated rings. The van der Waals surface area contributed by atoms with E-state index < -0.39 is 23.6 Å². The Kier molecular flexibility index (Phi) is 9.64. The summed E-state index contributed by atoms with van der Waals surface area (Å²) >= 11 is 0.736. The Bertz CT molecular complexity index is 1490. The van der Waals surface area contributed by atoms with Crippen molar-refractivity contribution in [2.75, 3.05) is 38.0 Å². The van der Waals surface area contributed by atoms with Crippen molar-refractivity contribution in [2.24, 2.45) is 0 Å². The molecule has 0 spiro atoms. The Morgan fingerprint density at radius 3 is 2.32 bits per heavy atom. The minimum absolute atomic E-state index is 0.157. The fraction of sp³-hybridized carbons (Fsp3) is 0.200. The van der Waals surface area contributed by atoms with E-state index in [1.807, 2.05) is 24.3 Å². The van der Waals surface area contributed by atoms with Crippen LogP contribution in [-0.2, 0) is 20.8 Å². The summed E-state index contributed by atoms with van der Waals surface area (Å²) in [6.45, 7) is 1.38. The Hall–Kier alpha value is -4.77. The predicted octanol–water partition coefficient (Wildman–Crippen LogP) is 4.96. The van der Waals surface area contributed by atoms with Crippen LogP contribution in [0.25, 0.3) is 6.08 Å². The number of rotatable bonds is 11. The molecule has 0 aliphatic carbocycles. The van der Waals surface area contributed by atoms with Crippen LogP contribution in [0.1, 0.15) is 18.1 Å². The third-order valence-electron chi connectivity index (χ3n) is 6.05. The quantitative estimate of drug-likeness (QED) is 0.308. The van der Waals surface area contributed by atoms with E-state index in [0.29, 0.717) is 34.2 Å². The number of methoxy groups -OCH3 is 2. The van der Waals surface area contributed by atoms with E-state index in [1.54, 1.807) is 42.5 Å². The molecule has 212 valence electrons. The number of thioether (sulfide) groups is 1. The Morgan fingerprint density at radius 2 is 1.61 bits per heavy atom. The van der Waals surface area contributed by atoms with Gasteiger partial charge in [-0.15, -0.1) is 0 Å². The van der Waals surface area contributed by atoms with Crippen LogP contribution in [0.2, 0.25) is 0 Å². The summed E-state index contributed by atoms with van der Waals surface area (Å²) in [5.41, 5.74) is 2.84. The number of benzene rings is 3. The zero-order valence-corrected chi connectivity index (χ0v) is 23.6. The smallest absolute Gasteiger partial charge is 0.294 e. The SMILES string of the molecule is CCc1ccc(NC(=O)COc2ccc(/C=C3\SC(=O)N(CC(=O)Nc4ccccc4OC)C3=O)cc2OC)cc1. The lowest BCUT2D eigenvalue weighted by atomic mass is 10.1. The third-order valence-corrected chi connectivity index (χ3v) is 6.95. The molecule has 10 nitrogen and oxygen atoms in total. The summed E-state index contributed by atoms with van der Waals surface area (Å²) in [5, 5.41) is 4.88. The highest BCUT2D eigenvalue weighted by Crippen LogP contribution is 2.34. The number of carbonyl (C=O) groups excluding carboxylic acids is 4. The molecule has 0 bridgehead atoms. The van der Waals surface area contributed by atoms with Crippen LogP contribution in [0, 0.1) is 0 Å². The average Bonchev–Trinajstić information content (AvgIpc) is 3.24. The highest BCUT2D eigenvalue weighted by atomic mass is 32.2. The van der Waals surface area contributed by atoms with E-state index in [2.05, 4.69) is 17.6 Å². The van der Waals surface area contributed by atoms with Crippen LogP contribution in [-0.4, -0.2) is 55.2 Å². The predicted molar refractivity (Wildman–Crippen MR) is 157 cm³/mol. The van der Waals surface area contributed by atoms with E-state index in [9.17, 15) is 19.2 Å². The molecule has 0 aromatic heterocycles. The van der Waals surface area contributed by atoms with Gasteiger partial charge in [-0.05, 0) is 71.8 Å². The number of carbonyl (C=O) groups is 4. The summed E-state index contributed by atoms with van der Waals surface area (Å²) in [6.07, 6.45) is 2.44. The lowest BCUT2D eigenvalue weighted by Crippen LogP contribution is -2.36. The van der Waals surface area contributed by atoms with Gasteiger partial charge < -0.3 is 24.8 Å². The molecule has 3 aromatic rings. The van der Waals surface area contributed by atoms with Crippen LogP contribution in [0.5, 0.6) is 17.2 Å². The number of aryl methyl sites for hydroxylation is 1. The van der Waals surface area contributed by atoms with E-state index >= 15 is 0 Å². The van der Waals surface area contributed by atoms with Crippen molar-refractivity contribution in [3.63, 3.8) is 0 Å². The lowest BCUT2D eigenvalue weighted by molar-refractivity contribution is -0.127. The van der Waals surface area contributed by atoms with Gasteiger partial charge in [0, 0.05) is 5.69 Å². The Labute approximate surface area is 241 Å². The zero-order valence-electron chi connectivity index (χ0n) is 22.8. The number of nitrogens with one attached hydrogen (secondary N) is 2. The number of nitrogens with zero attached hydrogens (tertiary/aromatic N) is 1. The maximum absolute atomic E-state index is 12.9. The normalized spacial score (nSPS) is 13.7. The Morgan fingerprint density at radius 1 is 0.878 bits per heavy atom. The zero-order chi connectivity index (χ0) is 29.4. The van der Waals surface area contributed by atoms with Crippen molar-refractivity contribution < 1.29 is 33.4 Å². The van der Waals surface area contributed by atoms with Gasteiger partial charge in [-0.25, -0.2) is 0 Å². The van der Waals surface area contributed by atoms with Crippen molar-refractivity contribution in [2.45, 2.75) is 13.3 Å². The second-order valence-electron chi connectivity index (χ2n) is 8.81. The molecule has 1 saturated heterocycles. The highest BCUT2D eigenvalue weighted by Gasteiger charge is 2.36. The lowest BCUT2D eigenvalue weighted by Gasteiger charge is -2.14. The number of para-hydroxylation sites is 2. The summed E-state index contributed by atoms with van der Waals surface area (Å²) in [4.78, 5) is 51.4. The summed E-state index contributed by atoms with van der Waals surface area (Å²) in [7, 11) is 2.93. The van der Waals surface area contributed by atoms with Crippen molar-refractivity contribution in [3.8, 4) is 17.2 Å². The minimum Gasteiger partial charge on any atom is -0.495 e. The molecule has 1 aliphatic heterocycles. The molecule has 1 aliphatic rings. The molecular weight excluding hydrogens is 546 g/mol. The molecule has 0 radical (unpaired) electrons. The first-order valence-electron chi connectivity index (χ1n) is 12.7. The van der Waals surface area contributed by atoms with Crippen LogP contribution in [0.4, 0.5) is 16.2 Å². The monoisotopic (exact) mass is 575 g/mol. The van der Waals surface area contributed by atoms with Gasteiger partial charge in [-0.3, -0.25) is 24.1 Å². The number of ether oxygens (including phenoxy) is 3. The van der Waals surface area contributed by atoms with Gasteiger partial charge >= 0.3 is 0 Å². The molecule has 4 amide bonds. The van der Waals surface area contributed by atoms with E-state index in [0.717, 1.165) is 23.1 Å².